The summed E-state index contributed by atoms with van der Waals surface area (Å²) >= 11 is 1.19. The smallest absolute Gasteiger partial charge is 0.347 e. The minimum Gasteiger partial charge on any atom is -0.347 e. The molecule has 7 nitrogen and oxygen atoms in total. The third kappa shape index (κ3) is 4.40. The van der Waals surface area contributed by atoms with Gasteiger partial charge in [-0.1, -0.05) is 35.5 Å². The van der Waals surface area contributed by atoms with Crippen molar-refractivity contribution < 1.29 is 22.5 Å². The van der Waals surface area contributed by atoms with Crippen molar-refractivity contribution >= 4 is 17.2 Å². The highest BCUT2D eigenvalue weighted by atomic mass is 32.1. The zero-order valence-electron chi connectivity index (χ0n) is 15.3. The number of alkyl halides is 3. The van der Waals surface area contributed by atoms with E-state index in [0.717, 1.165) is 10.4 Å². The van der Waals surface area contributed by atoms with Crippen LogP contribution in [0.15, 0.2) is 59.3 Å². The van der Waals surface area contributed by atoms with Crippen LogP contribution in [0.3, 0.4) is 0 Å². The molecule has 0 bridgehead atoms. The molecule has 3 aromatic heterocycles. The highest BCUT2D eigenvalue weighted by molar-refractivity contribution is 7.15. The van der Waals surface area contributed by atoms with Gasteiger partial charge in [-0.25, -0.2) is 0 Å². The molecule has 0 aliphatic carbocycles. The van der Waals surface area contributed by atoms with Crippen molar-refractivity contribution in [3.05, 3.63) is 76.8 Å². The molecule has 0 saturated heterocycles. The molecule has 1 amide bonds. The van der Waals surface area contributed by atoms with Gasteiger partial charge >= 0.3 is 12.1 Å². The molecule has 3 heterocycles. The second-order valence-electron chi connectivity index (χ2n) is 6.23. The van der Waals surface area contributed by atoms with Crippen LogP contribution in [0, 0.1) is 0 Å². The first-order valence-electron chi connectivity index (χ1n) is 8.74. The number of carbonyl (C=O) groups excluding carboxylic acids is 1. The van der Waals surface area contributed by atoms with Gasteiger partial charge in [0.25, 0.3) is 5.91 Å². The Balaban J connectivity index is 1.44. The summed E-state index contributed by atoms with van der Waals surface area (Å²) in [7, 11) is 0. The quantitative estimate of drug-likeness (QED) is 0.497. The highest BCUT2D eigenvalue weighted by Crippen LogP contribution is 2.31. The molecule has 30 heavy (non-hydrogen) atoms. The number of rotatable bonds is 6. The van der Waals surface area contributed by atoms with E-state index >= 15 is 0 Å². The second kappa shape index (κ2) is 8.11. The molecule has 4 rings (SSSR count). The lowest BCUT2D eigenvalue weighted by molar-refractivity contribution is -0.159. The van der Waals surface area contributed by atoms with Crippen molar-refractivity contribution in [3.8, 4) is 10.7 Å². The topological polar surface area (TPSA) is 85.8 Å². The molecule has 11 heteroatoms. The van der Waals surface area contributed by atoms with E-state index in [2.05, 4.69) is 25.1 Å². The Hall–Kier alpha value is -3.47. The predicted octanol–water partition coefficient (Wildman–Crippen LogP) is 3.99. The molecule has 154 valence electrons. The number of thiophene rings is 1. The van der Waals surface area contributed by atoms with Crippen molar-refractivity contribution in [1.29, 1.82) is 0 Å². The van der Waals surface area contributed by atoms with E-state index in [1.54, 1.807) is 18.2 Å². The molecule has 4 aromatic rings. The van der Waals surface area contributed by atoms with Crippen LogP contribution in [0.4, 0.5) is 13.2 Å². The van der Waals surface area contributed by atoms with Crippen molar-refractivity contribution in [2.75, 3.05) is 0 Å². The van der Waals surface area contributed by atoms with Crippen LogP contribution < -0.4 is 5.32 Å². The summed E-state index contributed by atoms with van der Waals surface area (Å²) < 4.78 is 43.7. The average molecular weight is 433 g/mol. The van der Waals surface area contributed by atoms with Crippen molar-refractivity contribution in [2.45, 2.75) is 19.3 Å². The molecule has 0 atom stereocenters. The van der Waals surface area contributed by atoms with Gasteiger partial charge in [-0.15, -0.1) is 11.3 Å². The minimum absolute atomic E-state index is 0.139. The SMILES string of the molecule is O=C(NCc1ccccc1)c1ccnn1Cc1ccc(-c2noc(C(F)(F)F)n2)s1. The van der Waals surface area contributed by atoms with Crippen LogP contribution in [0.5, 0.6) is 0 Å². The summed E-state index contributed by atoms with van der Waals surface area (Å²) in [5.74, 6) is -1.81. The number of halogens is 3. The molecule has 0 saturated carbocycles. The third-order valence-electron chi connectivity index (χ3n) is 4.10. The van der Waals surface area contributed by atoms with E-state index in [4.69, 9.17) is 0 Å². The zero-order valence-corrected chi connectivity index (χ0v) is 16.1. The lowest BCUT2D eigenvalue weighted by Crippen LogP contribution is -2.25. The van der Waals surface area contributed by atoms with Gasteiger partial charge in [0.15, 0.2) is 0 Å². The van der Waals surface area contributed by atoms with Crippen molar-refractivity contribution in [2.24, 2.45) is 0 Å². The molecule has 0 aliphatic heterocycles. The molecule has 0 unspecified atom stereocenters. The van der Waals surface area contributed by atoms with E-state index in [0.29, 0.717) is 17.1 Å². The largest absolute Gasteiger partial charge is 0.471 e. The van der Waals surface area contributed by atoms with Crippen molar-refractivity contribution in [1.82, 2.24) is 25.2 Å². The molecular weight excluding hydrogens is 419 g/mol. The molecular formula is C19H14F3N5O2S. The normalized spacial score (nSPS) is 11.6. The summed E-state index contributed by atoms with van der Waals surface area (Å²) in [5, 5.41) is 10.4. The first-order valence-corrected chi connectivity index (χ1v) is 9.56. The average Bonchev–Trinajstić information content (AvgIpc) is 3.47. The fourth-order valence-electron chi connectivity index (χ4n) is 2.69. The lowest BCUT2D eigenvalue weighted by atomic mass is 10.2. The first kappa shape index (κ1) is 19.8. The van der Waals surface area contributed by atoms with Crippen LogP contribution in [-0.4, -0.2) is 25.8 Å². The fourth-order valence-corrected chi connectivity index (χ4v) is 3.61. The number of benzene rings is 1. The van der Waals surface area contributed by atoms with E-state index < -0.39 is 12.1 Å². The van der Waals surface area contributed by atoms with E-state index in [-0.39, 0.29) is 18.3 Å². The number of nitrogens with one attached hydrogen (secondary N) is 1. The number of aromatic nitrogens is 4. The zero-order chi connectivity index (χ0) is 21.1. The molecule has 0 aliphatic rings. The maximum absolute atomic E-state index is 12.6. The predicted molar refractivity (Wildman–Crippen MR) is 102 cm³/mol. The number of hydrogen-bond acceptors (Lipinski definition) is 6. The Morgan fingerprint density at radius 3 is 2.67 bits per heavy atom. The lowest BCUT2D eigenvalue weighted by Gasteiger charge is -2.08. The maximum Gasteiger partial charge on any atom is 0.471 e. The van der Waals surface area contributed by atoms with Crippen LogP contribution in [0.1, 0.15) is 26.8 Å². The van der Waals surface area contributed by atoms with Crippen LogP contribution in [-0.2, 0) is 19.3 Å². The van der Waals surface area contributed by atoms with Crippen LogP contribution in [0.25, 0.3) is 10.7 Å². The Labute approximate surface area is 172 Å². The highest BCUT2D eigenvalue weighted by Gasteiger charge is 2.38. The molecule has 1 aromatic carbocycles. The van der Waals surface area contributed by atoms with Gasteiger partial charge in [-0.3, -0.25) is 9.48 Å². The van der Waals surface area contributed by atoms with Gasteiger partial charge in [0.2, 0.25) is 5.82 Å². The van der Waals surface area contributed by atoms with Crippen molar-refractivity contribution in [3.63, 3.8) is 0 Å². The van der Waals surface area contributed by atoms with Gasteiger partial charge in [0.05, 0.1) is 11.4 Å². The van der Waals surface area contributed by atoms with Crippen LogP contribution in [0.2, 0.25) is 0 Å². The Kier molecular flexibility index (Phi) is 5.36. The Morgan fingerprint density at radius 1 is 1.13 bits per heavy atom. The van der Waals surface area contributed by atoms with Crippen LogP contribution >= 0.6 is 11.3 Å². The Bertz CT molecular complexity index is 1150. The maximum atomic E-state index is 12.6. The van der Waals surface area contributed by atoms with Gasteiger partial charge < -0.3 is 9.84 Å². The molecule has 1 N–H and O–H groups in total. The summed E-state index contributed by atoms with van der Waals surface area (Å²) in [6.45, 7) is 0.656. The van der Waals surface area contributed by atoms with Gasteiger partial charge in [-0.2, -0.15) is 23.3 Å². The minimum atomic E-state index is -4.69. The standard InChI is InChI=1S/C19H14F3N5O2S/c20-19(21,22)18-25-16(26-29-18)15-7-6-13(30-15)11-27-14(8-9-24-27)17(28)23-10-12-4-2-1-3-5-12/h1-9H,10-11H2,(H,23,28). The molecule has 0 spiro atoms. The monoisotopic (exact) mass is 433 g/mol. The fraction of sp³-hybridized carbons (Fsp3) is 0.158. The molecule has 0 fully saturated rings. The number of hydrogen-bond donors (Lipinski definition) is 1. The second-order valence-corrected chi connectivity index (χ2v) is 7.40. The summed E-state index contributed by atoms with van der Waals surface area (Å²) in [6, 6.07) is 14.4. The van der Waals surface area contributed by atoms with Gasteiger partial charge in [0.1, 0.15) is 5.69 Å². The van der Waals surface area contributed by atoms with E-state index in [1.807, 2.05) is 30.3 Å². The number of carbonyl (C=O) groups is 1. The third-order valence-corrected chi connectivity index (χ3v) is 5.17. The van der Waals surface area contributed by atoms with E-state index in [9.17, 15) is 18.0 Å². The Morgan fingerprint density at radius 2 is 1.93 bits per heavy atom. The summed E-state index contributed by atoms with van der Waals surface area (Å²) in [5.41, 5.74) is 1.35. The number of nitrogens with zero attached hydrogens (tertiary/aromatic N) is 4. The summed E-state index contributed by atoms with van der Waals surface area (Å²) in [4.78, 5) is 17.1. The summed E-state index contributed by atoms with van der Waals surface area (Å²) in [6.07, 6.45) is -3.18. The molecule has 0 radical (unpaired) electrons. The van der Waals surface area contributed by atoms with Gasteiger partial charge in [-0.05, 0) is 23.8 Å². The van der Waals surface area contributed by atoms with Gasteiger partial charge in [0, 0.05) is 17.6 Å². The first-order chi connectivity index (χ1) is 14.4. The number of amides is 1. The van der Waals surface area contributed by atoms with E-state index in [1.165, 1.54) is 22.2 Å².